The molecule has 1 aromatic carbocycles. The van der Waals surface area contributed by atoms with Gasteiger partial charge < -0.3 is 15.7 Å². The number of amides is 2. The van der Waals surface area contributed by atoms with E-state index < -0.39 is 18.0 Å². The van der Waals surface area contributed by atoms with Crippen LogP contribution in [0.5, 0.6) is 0 Å². The summed E-state index contributed by atoms with van der Waals surface area (Å²) in [7, 11) is 0. The molecule has 2 amide bonds. The predicted molar refractivity (Wildman–Crippen MR) is 79.3 cm³/mol. The summed E-state index contributed by atoms with van der Waals surface area (Å²) in [5, 5.41) is 14.7. The first kappa shape index (κ1) is 16.3. The van der Waals surface area contributed by atoms with E-state index in [2.05, 4.69) is 10.6 Å². The third-order valence-corrected chi connectivity index (χ3v) is 3.38. The molecule has 3 N–H and O–H groups in total. The molecule has 0 bridgehead atoms. The van der Waals surface area contributed by atoms with Crippen molar-refractivity contribution in [2.45, 2.75) is 39.2 Å². The van der Waals surface area contributed by atoms with Crippen LogP contribution in [0.1, 0.15) is 31.7 Å². The first-order valence-corrected chi connectivity index (χ1v) is 6.89. The number of anilines is 1. The smallest absolute Gasteiger partial charge is 0.326 e. The Labute approximate surface area is 123 Å². The fourth-order valence-corrected chi connectivity index (χ4v) is 1.90. The number of hydrogen-bond acceptors (Lipinski definition) is 2. The number of aliphatic carboxylic acids is 1. The van der Waals surface area contributed by atoms with E-state index >= 15 is 0 Å². The Morgan fingerprint density at radius 3 is 2.70 bits per heavy atom. The molecule has 20 heavy (non-hydrogen) atoms. The molecule has 0 aliphatic carbocycles. The molecule has 1 aromatic rings. The summed E-state index contributed by atoms with van der Waals surface area (Å²) in [4.78, 5) is 22.9. The van der Waals surface area contributed by atoms with Crippen molar-refractivity contribution in [2.24, 2.45) is 0 Å². The number of unbranched alkanes of at least 4 members (excludes halogenated alkanes) is 1. The molecule has 0 radical (unpaired) electrons. The summed E-state index contributed by atoms with van der Waals surface area (Å²) in [6.45, 7) is 3.75. The molecule has 110 valence electrons. The standard InChI is InChI=1S/C14H19ClN2O3/c1-3-4-7-12(13(18)19)17-14(20)16-11-8-5-6-10(15)9(11)2/h5-6,8,12H,3-4,7H2,1-2H3,(H,18,19)(H2,16,17,20). The fraction of sp³-hybridized carbons (Fsp3) is 0.429. The van der Waals surface area contributed by atoms with E-state index in [1.807, 2.05) is 6.92 Å². The highest BCUT2D eigenvalue weighted by Gasteiger charge is 2.19. The van der Waals surface area contributed by atoms with E-state index in [9.17, 15) is 9.59 Å². The summed E-state index contributed by atoms with van der Waals surface area (Å²) in [5.41, 5.74) is 1.30. The molecule has 6 heteroatoms. The number of benzene rings is 1. The highest BCUT2D eigenvalue weighted by molar-refractivity contribution is 6.31. The third-order valence-electron chi connectivity index (χ3n) is 2.97. The lowest BCUT2D eigenvalue weighted by atomic mass is 10.1. The SMILES string of the molecule is CCCCC(NC(=O)Nc1cccc(Cl)c1C)C(=O)O. The molecule has 0 aliphatic rings. The number of hydrogen-bond donors (Lipinski definition) is 3. The summed E-state index contributed by atoms with van der Waals surface area (Å²) >= 11 is 5.96. The largest absolute Gasteiger partial charge is 0.480 e. The molecule has 0 aromatic heterocycles. The van der Waals surface area contributed by atoms with Gasteiger partial charge in [0.15, 0.2) is 0 Å². The molecular formula is C14H19ClN2O3. The zero-order valence-corrected chi connectivity index (χ0v) is 12.3. The minimum Gasteiger partial charge on any atom is -0.480 e. The van der Waals surface area contributed by atoms with Crippen LogP contribution in [-0.4, -0.2) is 23.1 Å². The van der Waals surface area contributed by atoms with Crippen molar-refractivity contribution in [1.29, 1.82) is 0 Å². The van der Waals surface area contributed by atoms with Crippen molar-refractivity contribution in [1.82, 2.24) is 5.32 Å². The minimum atomic E-state index is -1.03. The van der Waals surface area contributed by atoms with E-state index in [1.54, 1.807) is 25.1 Å². The van der Waals surface area contributed by atoms with Gasteiger partial charge >= 0.3 is 12.0 Å². The van der Waals surface area contributed by atoms with Crippen LogP contribution in [0.2, 0.25) is 5.02 Å². The van der Waals surface area contributed by atoms with Gasteiger partial charge in [0.2, 0.25) is 0 Å². The van der Waals surface area contributed by atoms with Crippen LogP contribution in [0.3, 0.4) is 0 Å². The van der Waals surface area contributed by atoms with Gasteiger partial charge in [-0.1, -0.05) is 37.4 Å². The van der Waals surface area contributed by atoms with Gasteiger partial charge in [0, 0.05) is 10.7 Å². The van der Waals surface area contributed by atoms with Crippen LogP contribution >= 0.6 is 11.6 Å². The zero-order chi connectivity index (χ0) is 15.1. The van der Waals surface area contributed by atoms with Gasteiger partial charge in [-0.25, -0.2) is 9.59 Å². The van der Waals surface area contributed by atoms with E-state index in [-0.39, 0.29) is 0 Å². The number of rotatable bonds is 6. The quantitative estimate of drug-likeness (QED) is 0.753. The number of carbonyl (C=O) groups is 2. The zero-order valence-electron chi connectivity index (χ0n) is 11.6. The van der Waals surface area contributed by atoms with Gasteiger partial charge in [0.05, 0.1) is 0 Å². The van der Waals surface area contributed by atoms with Gasteiger partial charge in [-0.2, -0.15) is 0 Å². The van der Waals surface area contributed by atoms with E-state index in [4.69, 9.17) is 16.7 Å². The van der Waals surface area contributed by atoms with E-state index in [1.165, 1.54) is 0 Å². The van der Waals surface area contributed by atoms with Crippen molar-refractivity contribution in [3.8, 4) is 0 Å². The van der Waals surface area contributed by atoms with Crippen LogP contribution in [0.4, 0.5) is 10.5 Å². The Hall–Kier alpha value is -1.75. The molecule has 0 aliphatic heterocycles. The van der Waals surface area contributed by atoms with Crippen LogP contribution in [0, 0.1) is 6.92 Å². The highest BCUT2D eigenvalue weighted by atomic mass is 35.5. The lowest BCUT2D eigenvalue weighted by Crippen LogP contribution is -2.43. The molecular weight excluding hydrogens is 280 g/mol. The Morgan fingerprint density at radius 1 is 1.40 bits per heavy atom. The average molecular weight is 299 g/mol. The normalized spacial score (nSPS) is 11.8. The maximum atomic E-state index is 11.8. The number of nitrogens with one attached hydrogen (secondary N) is 2. The Balaban J connectivity index is 2.66. The van der Waals surface area contributed by atoms with Crippen molar-refractivity contribution in [2.75, 3.05) is 5.32 Å². The average Bonchev–Trinajstić information content (AvgIpc) is 2.39. The number of carboxylic acids is 1. The van der Waals surface area contributed by atoms with Crippen LogP contribution in [0.25, 0.3) is 0 Å². The molecule has 0 fully saturated rings. The molecule has 1 rings (SSSR count). The highest BCUT2D eigenvalue weighted by Crippen LogP contribution is 2.22. The fourth-order valence-electron chi connectivity index (χ4n) is 1.73. The van der Waals surface area contributed by atoms with Crippen LogP contribution in [-0.2, 0) is 4.79 Å². The lowest BCUT2D eigenvalue weighted by Gasteiger charge is -2.16. The van der Waals surface area contributed by atoms with Crippen molar-refractivity contribution < 1.29 is 14.7 Å². The molecule has 0 saturated carbocycles. The summed E-state index contributed by atoms with van der Waals surface area (Å²) in [6.07, 6.45) is 2.03. The second-order valence-corrected chi connectivity index (χ2v) is 4.95. The Bertz CT molecular complexity index is 491. The van der Waals surface area contributed by atoms with Crippen molar-refractivity contribution >= 4 is 29.3 Å². The first-order valence-electron chi connectivity index (χ1n) is 6.51. The maximum Gasteiger partial charge on any atom is 0.326 e. The number of halogens is 1. The van der Waals surface area contributed by atoms with Gasteiger partial charge in [-0.3, -0.25) is 0 Å². The number of carboxylic acid groups (broad SMARTS) is 1. The van der Waals surface area contributed by atoms with Crippen LogP contribution in [0.15, 0.2) is 18.2 Å². The van der Waals surface area contributed by atoms with Crippen molar-refractivity contribution in [3.05, 3.63) is 28.8 Å². The second-order valence-electron chi connectivity index (χ2n) is 4.54. The molecule has 1 atom stereocenters. The Kier molecular flexibility index (Phi) is 6.31. The summed E-state index contributed by atoms with van der Waals surface area (Å²) < 4.78 is 0. The number of urea groups is 1. The monoisotopic (exact) mass is 298 g/mol. The Morgan fingerprint density at radius 2 is 2.10 bits per heavy atom. The van der Waals surface area contributed by atoms with Gasteiger partial charge in [0.1, 0.15) is 6.04 Å². The van der Waals surface area contributed by atoms with Gasteiger partial charge in [-0.15, -0.1) is 0 Å². The van der Waals surface area contributed by atoms with Crippen molar-refractivity contribution in [3.63, 3.8) is 0 Å². The number of carbonyl (C=O) groups excluding carboxylic acids is 1. The van der Waals surface area contributed by atoms with Gasteiger partial charge in [-0.05, 0) is 31.0 Å². The minimum absolute atomic E-state index is 0.410. The predicted octanol–water partition coefficient (Wildman–Crippen LogP) is 3.41. The molecule has 0 heterocycles. The van der Waals surface area contributed by atoms with E-state index in [0.717, 1.165) is 18.4 Å². The molecule has 5 nitrogen and oxygen atoms in total. The van der Waals surface area contributed by atoms with E-state index in [0.29, 0.717) is 17.1 Å². The molecule has 0 spiro atoms. The second kappa shape index (κ2) is 7.75. The maximum absolute atomic E-state index is 11.8. The summed E-state index contributed by atoms with van der Waals surface area (Å²) in [6, 6.07) is 3.73. The summed E-state index contributed by atoms with van der Waals surface area (Å²) in [5.74, 6) is -1.03. The lowest BCUT2D eigenvalue weighted by molar-refractivity contribution is -0.139. The topological polar surface area (TPSA) is 78.4 Å². The van der Waals surface area contributed by atoms with Gasteiger partial charge in [0.25, 0.3) is 0 Å². The third kappa shape index (κ3) is 4.74. The first-order chi connectivity index (χ1) is 9.45. The molecule has 1 unspecified atom stereocenters. The van der Waals surface area contributed by atoms with Crippen LogP contribution < -0.4 is 10.6 Å². The molecule has 0 saturated heterocycles.